The quantitative estimate of drug-likeness (QED) is 0.465. The number of hydrogen-bond donors (Lipinski definition) is 1. The maximum absolute atomic E-state index is 5.53. The number of anilines is 1. The Bertz CT molecular complexity index is 550. The van der Waals surface area contributed by atoms with Gasteiger partial charge in [0.2, 0.25) is 0 Å². The van der Waals surface area contributed by atoms with E-state index < -0.39 is 0 Å². The van der Waals surface area contributed by atoms with E-state index in [1.165, 1.54) is 12.8 Å². The number of rotatable bonds is 7. The number of nitrogens with zero attached hydrogens (tertiary/aromatic N) is 4. The summed E-state index contributed by atoms with van der Waals surface area (Å²) in [7, 11) is 1.88. The fourth-order valence-corrected chi connectivity index (χ4v) is 3.41. The SMILES string of the molecule is CCOCCC1(CNC(=NC)N2CCN(c3ccccn3)CC2)CC1. The first-order valence-corrected chi connectivity index (χ1v) is 9.46. The Hall–Kier alpha value is -1.82. The van der Waals surface area contributed by atoms with Crippen LogP contribution in [0, 0.1) is 5.41 Å². The lowest BCUT2D eigenvalue weighted by molar-refractivity contribution is 0.128. The molecule has 2 aliphatic rings. The van der Waals surface area contributed by atoms with Gasteiger partial charge in [-0.25, -0.2) is 4.98 Å². The molecular formula is C19H31N5O. The van der Waals surface area contributed by atoms with Crippen molar-refractivity contribution in [1.29, 1.82) is 0 Å². The van der Waals surface area contributed by atoms with Gasteiger partial charge in [-0.05, 0) is 43.7 Å². The van der Waals surface area contributed by atoms with Crippen molar-refractivity contribution in [2.24, 2.45) is 10.4 Å². The molecule has 138 valence electrons. The van der Waals surface area contributed by atoms with Crippen LogP contribution in [0.5, 0.6) is 0 Å². The Kier molecular flexibility index (Phi) is 6.13. The second kappa shape index (κ2) is 8.52. The first-order chi connectivity index (χ1) is 12.3. The third-order valence-corrected chi connectivity index (χ3v) is 5.32. The van der Waals surface area contributed by atoms with Crippen LogP contribution in [0.1, 0.15) is 26.2 Å². The van der Waals surface area contributed by atoms with E-state index in [0.717, 1.165) is 64.1 Å². The highest BCUT2D eigenvalue weighted by molar-refractivity contribution is 5.80. The van der Waals surface area contributed by atoms with Gasteiger partial charge in [0.05, 0.1) is 0 Å². The van der Waals surface area contributed by atoms with Crippen molar-refractivity contribution in [3.63, 3.8) is 0 Å². The summed E-state index contributed by atoms with van der Waals surface area (Å²) in [5.41, 5.74) is 0.431. The monoisotopic (exact) mass is 345 g/mol. The molecule has 0 unspecified atom stereocenters. The fourth-order valence-electron chi connectivity index (χ4n) is 3.41. The number of pyridine rings is 1. The summed E-state index contributed by atoms with van der Waals surface area (Å²) in [5.74, 6) is 2.10. The number of aliphatic imine (C=N–C) groups is 1. The minimum Gasteiger partial charge on any atom is -0.382 e. The van der Waals surface area contributed by atoms with Crippen LogP contribution >= 0.6 is 0 Å². The molecule has 1 aliphatic carbocycles. The van der Waals surface area contributed by atoms with Gasteiger partial charge >= 0.3 is 0 Å². The largest absolute Gasteiger partial charge is 0.382 e. The van der Waals surface area contributed by atoms with Crippen LogP contribution in [0.2, 0.25) is 0 Å². The lowest BCUT2D eigenvalue weighted by atomic mass is 10.0. The maximum Gasteiger partial charge on any atom is 0.193 e. The number of aromatic nitrogens is 1. The lowest BCUT2D eigenvalue weighted by Crippen LogP contribution is -2.53. The molecule has 1 saturated carbocycles. The molecule has 1 saturated heterocycles. The topological polar surface area (TPSA) is 53.0 Å². The third kappa shape index (κ3) is 4.84. The van der Waals surface area contributed by atoms with E-state index in [1.54, 1.807) is 0 Å². The van der Waals surface area contributed by atoms with Gasteiger partial charge in [-0.3, -0.25) is 4.99 Å². The zero-order valence-electron chi connectivity index (χ0n) is 15.6. The van der Waals surface area contributed by atoms with Gasteiger partial charge in [0.15, 0.2) is 5.96 Å². The average molecular weight is 345 g/mol. The van der Waals surface area contributed by atoms with E-state index in [9.17, 15) is 0 Å². The summed E-state index contributed by atoms with van der Waals surface area (Å²) in [5, 5.41) is 3.61. The van der Waals surface area contributed by atoms with Gasteiger partial charge in [0.25, 0.3) is 0 Å². The molecule has 6 heteroatoms. The fraction of sp³-hybridized carbons (Fsp3) is 0.684. The van der Waals surface area contributed by atoms with Gasteiger partial charge in [-0.15, -0.1) is 0 Å². The summed E-state index contributed by atoms with van der Waals surface area (Å²) in [6.45, 7) is 8.66. The Morgan fingerprint density at radius 3 is 2.68 bits per heavy atom. The molecule has 2 fully saturated rings. The van der Waals surface area contributed by atoms with Crippen LogP contribution in [-0.2, 0) is 4.74 Å². The molecule has 3 rings (SSSR count). The molecule has 6 nitrogen and oxygen atoms in total. The number of piperazine rings is 1. The van der Waals surface area contributed by atoms with Crippen molar-refractivity contribution in [1.82, 2.24) is 15.2 Å². The lowest BCUT2D eigenvalue weighted by Gasteiger charge is -2.37. The summed E-state index contributed by atoms with van der Waals surface area (Å²) < 4.78 is 5.53. The Morgan fingerprint density at radius 1 is 1.28 bits per heavy atom. The molecular weight excluding hydrogens is 314 g/mol. The molecule has 1 aromatic heterocycles. The second-order valence-corrected chi connectivity index (χ2v) is 7.01. The highest BCUT2D eigenvalue weighted by Gasteiger charge is 2.42. The van der Waals surface area contributed by atoms with E-state index >= 15 is 0 Å². The zero-order valence-corrected chi connectivity index (χ0v) is 15.6. The Labute approximate surface area is 151 Å². The molecule has 0 amide bonds. The molecule has 0 bridgehead atoms. The van der Waals surface area contributed by atoms with Crippen LogP contribution in [0.25, 0.3) is 0 Å². The van der Waals surface area contributed by atoms with Crippen LogP contribution in [0.3, 0.4) is 0 Å². The van der Waals surface area contributed by atoms with E-state index in [4.69, 9.17) is 4.74 Å². The Morgan fingerprint density at radius 2 is 2.08 bits per heavy atom. The predicted octanol–water partition coefficient (Wildman–Crippen LogP) is 1.99. The first-order valence-electron chi connectivity index (χ1n) is 9.46. The average Bonchev–Trinajstić information content (AvgIpc) is 3.44. The van der Waals surface area contributed by atoms with Crippen molar-refractivity contribution < 1.29 is 4.74 Å². The maximum atomic E-state index is 5.53. The summed E-state index contributed by atoms with van der Waals surface area (Å²) >= 11 is 0. The molecule has 0 aromatic carbocycles. The molecule has 0 spiro atoms. The van der Waals surface area contributed by atoms with Crippen LogP contribution in [0.15, 0.2) is 29.4 Å². The van der Waals surface area contributed by atoms with Gasteiger partial charge in [0, 0.05) is 59.2 Å². The minimum atomic E-state index is 0.431. The zero-order chi connectivity index (χ0) is 17.5. The standard InChI is InChI=1S/C19H31N5O/c1-3-25-15-9-19(7-8-19)16-22-18(20-2)24-13-11-23(12-14-24)17-6-4-5-10-21-17/h4-6,10H,3,7-9,11-16H2,1-2H3,(H,20,22). The number of guanidine groups is 1. The molecule has 1 aliphatic heterocycles. The first kappa shape index (κ1) is 18.0. The molecule has 1 aromatic rings. The third-order valence-electron chi connectivity index (χ3n) is 5.32. The van der Waals surface area contributed by atoms with Crippen LogP contribution < -0.4 is 10.2 Å². The minimum absolute atomic E-state index is 0.431. The summed E-state index contributed by atoms with van der Waals surface area (Å²) in [4.78, 5) is 13.7. The number of ether oxygens (including phenoxy) is 1. The van der Waals surface area contributed by atoms with Crippen LogP contribution in [-0.4, -0.2) is 68.8 Å². The molecule has 25 heavy (non-hydrogen) atoms. The van der Waals surface area contributed by atoms with Crippen molar-refractivity contribution in [2.45, 2.75) is 26.2 Å². The van der Waals surface area contributed by atoms with Crippen molar-refractivity contribution >= 4 is 11.8 Å². The summed E-state index contributed by atoms with van der Waals surface area (Å²) in [6.07, 6.45) is 5.62. The highest BCUT2D eigenvalue weighted by Crippen LogP contribution is 2.48. The normalized spacial score (nSPS) is 19.8. The van der Waals surface area contributed by atoms with Crippen molar-refractivity contribution in [3.05, 3.63) is 24.4 Å². The van der Waals surface area contributed by atoms with E-state index in [-0.39, 0.29) is 0 Å². The smallest absolute Gasteiger partial charge is 0.193 e. The number of hydrogen-bond acceptors (Lipinski definition) is 4. The Balaban J connectivity index is 1.45. The van der Waals surface area contributed by atoms with Gasteiger partial charge in [-0.2, -0.15) is 0 Å². The van der Waals surface area contributed by atoms with Crippen molar-refractivity contribution in [3.8, 4) is 0 Å². The van der Waals surface area contributed by atoms with E-state index in [0.29, 0.717) is 5.41 Å². The molecule has 1 N–H and O–H groups in total. The van der Waals surface area contributed by atoms with E-state index in [1.807, 2.05) is 25.4 Å². The second-order valence-electron chi connectivity index (χ2n) is 7.01. The summed E-state index contributed by atoms with van der Waals surface area (Å²) in [6, 6.07) is 6.09. The van der Waals surface area contributed by atoms with Gasteiger partial charge in [0.1, 0.15) is 5.82 Å². The predicted molar refractivity (Wildman–Crippen MR) is 102 cm³/mol. The molecule has 0 atom stereocenters. The number of nitrogens with one attached hydrogen (secondary N) is 1. The van der Waals surface area contributed by atoms with Crippen molar-refractivity contribution in [2.75, 3.05) is 57.9 Å². The van der Waals surface area contributed by atoms with E-state index in [2.05, 4.69) is 38.1 Å². The molecule has 0 radical (unpaired) electrons. The van der Waals surface area contributed by atoms with Gasteiger partial charge < -0.3 is 19.9 Å². The van der Waals surface area contributed by atoms with Gasteiger partial charge in [-0.1, -0.05) is 6.07 Å². The highest BCUT2D eigenvalue weighted by atomic mass is 16.5. The van der Waals surface area contributed by atoms with Crippen LogP contribution in [0.4, 0.5) is 5.82 Å². The molecule has 2 heterocycles.